The molecule has 36 heavy (non-hydrogen) atoms. The number of unbranched alkanes of at least 4 members (excludes halogenated alkanes) is 1. The van der Waals surface area contributed by atoms with Crippen LogP contribution >= 0.6 is 0 Å². The first-order valence-corrected chi connectivity index (χ1v) is 13.7. The number of guanidine groups is 1. The quantitative estimate of drug-likeness (QED) is 0.374. The lowest BCUT2D eigenvalue weighted by Crippen LogP contribution is -2.60. The molecule has 2 N–H and O–H groups in total. The Bertz CT molecular complexity index is 857. The average Bonchev–Trinajstić information content (AvgIpc) is 3.43. The van der Waals surface area contributed by atoms with Crippen LogP contribution in [0, 0.1) is 5.82 Å². The normalized spacial score (nSPS) is 22.7. The van der Waals surface area contributed by atoms with Crippen molar-refractivity contribution >= 4 is 5.96 Å². The van der Waals surface area contributed by atoms with Crippen molar-refractivity contribution in [2.24, 2.45) is 4.99 Å². The van der Waals surface area contributed by atoms with Gasteiger partial charge in [0.2, 0.25) is 0 Å². The van der Waals surface area contributed by atoms with Crippen molar-refractivity contribution in [3.63, 3.8) is 0 Å². The summed E-state index contributed by atoms with van der Waals surface area (Å²) in [5.41, 5.74) is 2.37. The second kappa shape index (κ2) is 14.4. The van der Waals surface area contributed by atoms with Crippen LogP contribution in [-0.2, 0) is 6.54 Å². The zero-order chi connectivity index (χ0) is 25.9. The van der Waals surface area contributed by atoms with Crippen LogP contribution in [-0.4, -0.2) is 72.6 Å². The van der Waals surface area contributed by atoms with Crippen molar-refractivity contribution in [1.82, 2.24) is 25.3 Å². The molecule has 3 aliphatic rings. The number of hydrogen-bond donors (Lipinski definition) is 2. The number of rotatable bonds is 9. The fourth-order valence-electron chi connectivity index (χ4n) is 5.51. The predicted octanol–water partition coefficient (Wildman–Crippen LogP) is 4.91. The number of aliphatic imine (C=N–C) groups is 1. The zero-order valence-electron chi connectivity index (χ0n) is 22.7. The van der Waals surface area contributed by atoms with Gasteiger partial charge in [0.05, 0.1) is 5.70 Å². The van der Waals surface area contributed by atoms with Gasteiger partial charge in [-0.25, -0.2) is 4.39 Å². The Kier molecular flexibility index (Phi) is 11.3. The predicted molar refractivity (Wildman–Crippen MR) is 149 cm³/mol. The van der Waals surface area contributed by atoms with Crippen molar-refractivity contribution in [1.29, 1.82) is 0 Å². The van der Waals surface area contributed by atoms with Gasteiger partial charge in [-0.1, -0.05) is 38.3 Å². The fourth-order valence-corrected chi connectivity index (χ4v) is 5.51. The molecule has 0 radical (unpaired) electrons. The maximum atomic E-state index is 13.6. The highest BCUT2D eigenvalue weighted by Gasteiger charge is 2.34. The number of benzene rings is 1. The summed E-state index contributed by atoms with van der Waals surface area (Å²) in [4.78, 5) is 12.1. The number of nitrogens with zero attached hydrogens (tertiary/aromatic N) is 4. The smallest absolute Gasteiger partial charge is 0.199 e. The highest BCUT2D eigenvalue weighted by molar-refractivity contribution is 5.82. The van der Waals surface area contributed by atoms with Gasteiger partial charge in [-0.3, -0.25) is 15.2 Å². The van der Waals surface area contributed by atoms with Gasteiger partial charge in [0, 0.05) is 45.5 Å². The topological polar surface area (TPSA) is 46.1 Å². The Morgan fingerprint density at radius 3 is 2.56 bits per heavy atom. The average molecular weight is 499 g/mol. The largest absolute Gasteiger partial charge is 0.371 e. The molecular formula is C29H47FN6. The highest BCUT2D eigenvalue weighted by atomic mass is 19.1. The van der Waals surface area contributed by atoms with E-state index >= 15 is 0 Å². The van der Waals surface area contributed by atoms with Gasteiger partial charge in [-0.05, 0) is 62.9 Å². The van der Waals surface area contributed by atoms with Crippen LogP contribution in [0.15, 0.2) is 54.3 Å². The zero-order valence-corrected chi connectivity index (χ0v) is 22.7. The van der Waals surface area contributed by atoms with Gasteiger partial charge in [0.25, 0.3) is 0 Å². The van der Waals surface area contributed by atoms with E-state index in [1.165, 1.54) is 37.4 Å². The molecule has 6 nitrogen and oxygen atoms in total. The molecule has 1 saturated heterocycles. The molecule has 2 heterocycles. The monoisotopic (exact) mass is 498 g/mol. The van der Waals surface area contributed by atoms with Crippen molar-refractivity contribution in [3.05, 3.63) is 60.7 Å². The Morgan fingerprint density at radius 2 is 1.89 bits per heavy atom. The first-order chi connectivity index (χ1) is 17.5. The molecule has 2 aliphatic heterocycles. The number of halogens is 1. The molecule has 1 aliphatic carbocycles. The fraction of sp³-hybridized carbons (Fsp3) is 0.621. The SMILES string of the molecule is C=C.CCCCN=C1NC=C(N(C)C2CCCC2)C(NC2CCN(Cc3cccc(F)c3)CC2)N1C. The maximum Gasteiger partial charge on any atom is 0.199 e. The number of nitrogens with one attached hydrogen (secondary N) is 2. The van der Waals surface area contributed by atoms with Crippen molar-refractivity contribution in [2.45, 2.75) is 83.1 Å². The summed E-state index contributed by atoms with van der Waals surface area (Å²) >= 11 is 0. The van der Waals surface area contributed by atoms with E-state index in [2.05, 4.69) is 65.7 Å². The molecule has 0 spiro atoms. The van der Waals surface area contributed by atoms with E-state index in [4.69, 9.17) is 4.99 Å². The lowest BCUT2D eigenvalue weighted by molar-refractivity contribution is 0.155. The molecule has 1 saturated carbocycles. The number of likely N-dealkylation sites (tertiary alicyclic amines) is 1. The van der Waals surface area contributed by atoms with Gasteiger partial charge in [0.1, 0.15) is 12.0 Å². The Balaban J connectivity index is 0.00000176. The van der Waals surface area contributed by atoms with Crippen LogP contribution in [0.3, 0.4) is 0 Å². The lowest BCUT2D eigenvalue weighted by Gasteiger charge is -2.44. The van der Waals surface area contributed by atoms with Gasteiger partial charge in [0.15, 0.2) is 5.96 Å². The van der Waals surface area contributed by atoms with Crippen LogP contribution in [0.2, 0.25) is 0 Å². The minimum absolute atomic E-state index is 0.118. The van der Waals surface area contributed by atoms with E-state index in [0.29, 0.717) is 12.1 Å². The second-order valence-electron chi connectivity index (χ2n) is 10.2. The molecule has 0 amide bonds. The second-order valence-corrected chi connectivity index (χ2v) is 10.2. The van der Waals surface area contributed by atoms with Crippen molar-refractivity contribution < 1.29 is 4.39 Å². The van der Waals surface area contributed by atoms with Gasteiger partial charge < -0.3 is 15.1 Å². The summed E-state index contributed by atoms with van der Waals surface area (Å²) < 4.78 is 13.6. The lowest BCUT2D eigenvalue weighted by atomic mass is 10.0. The Morgan fingerprint density at radius 1 is 1.17 bits per heavy atom. The van der Waals surface area contributed by atoms with Crippen LogP contribution in [0.1, 0.15) is 63.9 Å². The summed E-state index contributed by atoms with van der Waals surface area (Å²) in [7, 11) is 4.41. The minimum atomic E-state index is -0.148. The molecular weight excluding hydrogens is 451 g/mol. The number of likely N-dealkylation sites (N-methyl/N-ethyl adjacent to an activating group) is 2. The highest BCUT2D eigenvalue weighted by Crippen LogP contribution is 2.28. The van der Waals surface area contributed by atoms with Crippen molar-refractivity contribution in [3.8, 4) is 0 Å². The van der Waals surface area contributed by atoms with Crippen molar-refractivity contribution in [2.75, 3.05) is 33.7 Å². The molecule has 4 rings (SSSR count). The van der Waals surface area contributed by atoms with Gasteiger partial charge >= 0.3 is 0 Å². The summed E-state index contributed by atoms with van der Waals surface area (Å²) in [6, 6.07) is 8.07. The number of hydrogen-bond acceptors (Lipinski definition) is 4. The molecule has 1 atom stereocenters. The van der Waals surface area contributed by atoms with E-state index in [1.54, 1.807) is 12.1 Å². The molecule has 1 aromatic carbocycles. The third-order valence-electron chi connectivity index (χ3n) is 7.68. The molecule has 200 valence electrons. The van der Waals surface area contributed by atoms with E-state index in [1.807, 2.05) is 6.07 Å². The molecule has 2 fully saturated rings. The first kappa shape index (κ1) is 28.2. The van der Waals surface area contributed by atoms with E-state index in [0.717, 1.165) is 63.4 Å². The van der Waals surface area contributed by atoms with E-state index in [9.17, 15) is 4.39 Å². The molecule has 1 unspecified atom stereocenters. The van der Waals surface area contributed by atoms with E-state index in [-0.39, 0.29) is 12.0 Å². The van der Waals surface area contributed by atoms with Crippen LogP contribution in [0.25, 0.3) is 0 Å². The van der Waals surface area contributed by atoms with Crippen LogP contribution < -0.4 is 10.6 Å². The Labute approximate surface area is 218 Å². The summed E-state index contributed by atoms with van der Waals surface area (Å²) in [6.07, 6.45) is 12.0. The maximum absolute atomic E-state index is 13.6. The standard InChI is InChI=1S/C27H43FN6.C2H4/c1-4-5-15-29-27-30-19-25(32(2)24-11-6-7-12-24)26(33(27)3)31-23-13-16-34(17-14-23)20-21-9-8-10-22(28)18-21;1-2/h8-10,18-19,23-24,26,31H,4-7,11-17,20H2,1-3H3,(H,29,30);1-2H2. The van der Waals surface area contributed by atoms with Crippen LogP contribution in [0.5, 0.6) is 0 Å². The Hall–Kier alpha value is -2.38. The van der Waals surface area contributed by atoms with Gasteiger partial charge in [-0.2, -0.15) is 0 Å². The van der Waals surface area contributed by atoms with E-state index < -0.39 is 0 Å². The molecule has 1 aromatic rings. The molecule has 0 bridgehead atoms. The third-order valence-corrected chi connectivity index (χ3v) is 7.68. The summed E-state index contributed by atoms with van der Waals surface area (Å²) in [6.45, 7) is 11.9. The van der Waals surface area contributed by atoms with Crippen LogP contribution in [0.4, 0.5) is 4.39 Å². The molecule has 7 heteroatoms. The van der Waals surface area contributed by atoms with Gasteiger partial charge in [-0.15, -0.1) is 13.2 Å². The minimum Gasteiger partial charge on any atom is -0.371 e. The summed E-state index contributed by atoms with van der Waals surface area (Å²) in [5, 5.41) is 7.47. The molecule has 0 aromatic heterocycles. The first-order valence-electron chi connectivity index (χ1n) is 13.7. The number of piperidine rings is 1. The summed E-state index contributed by atoms with van der Waals surface area (Å²) in [5.74, 6) is 0.808. The third kappa shape index (κ3) is 7.56.